The molecule has 0 radical (unpaired) electrons. The minimum atomic E-state index is -0.326. The van der Waals surface area contributed by atoms with Gasteiger partial charge < -0.3 is 34.7 Å². The van der Waals surface area contributed by atoms with Crippen LogP contribution in [0.1, 0.15) is 101 Å². The molecular weight excluding hydrogens is 867 g/mol. The Labute approximate surface area is 404 Å². The maximum Gasteiger partial charge on any atom is 0.276 e. The average molecular weight is 932 g/mol. The number of aliphatic hydroxyl groups is 1. The second kappa shape index (κ2) is 17.2. The van der Waals surface area contributed by atoms with Gasteiger partial charge >= 0.3 is 0 Å². The van der Waals surface area contributed by atoms with Gasteiger partial charge in [0.1, 0.15) is 23.0 Å². The van der Waals surface area contributed by atoms with Crippen molar-refractivity contribution in [3.8, 4) is 11.1 Å². The third-order valence-electron chi connectivity index (χ3n) is 16.7. The standard InChI is InChI=1S/C54H65N11O4/c1-33-28-61(39-10-13-60-30-36-18-37-31-65(40-6-5-11-55-26-40)51(67)44(37)20-34(36)19-42(60)23-39)14-15-62(33)41-7-8-49(57-27-41)58-46-21-38(29-59(4)52(46)68)43-9-12-56-50(45(43)32-66)64-17-16-63-47(53(64)69)22-35-24-54(2,3)25-48(35)63/h7-9,12,18,20-22,27,29,33,39-40,42,55,66H,5-6,10-11,13-17,19,23-26,28,30-32H2,1-4H3,(H,57,58)/t33-,39-,40?,42-/m0/s1. The van der Waals surface area contributed by atoms with E-state index in [-0.39, 0.29) is 29.4 Å². The lowest BCUT2D eigenvalue weighted by Gasteiger charge is -2.49. The van der Waals surface area contributed by atoms with E-state index in [0.29, 0.717) is 77.0 Å². The Morgan fingerprint density at radius 3 is 2.51 bits per heavy atom. The number of fused-ring (bicyclic) bond motifs is 6. The number of amides is 2. The molecule has 5 aromatic rings. The highest BCUT2D eigenvalue weighted by Crippen LogP contribution is 2.41. The number of anilines is 4. The van der Waals surface area contributed by atoms with E-state index in [2.05, 4.69) is 78.8 Å². The Hall–Kier alpha value is -5.87. The van der Waals surface area contributed by atoms with Crippen LogP contribution in [0.2, 0.25) is 0 Å². The number of carbonyl (C=O) groups excluding carboxylic acids is 2. The Morgan fingerprint density at radius 1 is 0.826 bits per heavy atom. The van der Waals surface area contributed by atoms with Gasteiger partial charge in [-0.05, 0) is 128 Å². The van der Waals surface area contributed by atoms with Crippen molar-refractivity contribution in [2.45, 2.75) is 116 Å². The van der Waals surface area contributed by atoms with E-state index in [1.165, 1.54) is 38.9 Å². The largest absolute Gasteiger partial charge is 0.392 e. The van der Waals surface area contributed by atoms with Gasteiger partial charge in [0.2, 0.25) is 0 Å². The average Bonchev–Trinajstić information content (AvgIpc) is 3.97. The number of piperidine rings is 2. The molecule has 12 rings (SSSR count). The second-order valence-electron chi connectivity index (χ2n) is 21.8. The van der Waals surface area contributed by atoms with Crippen LogP contribution in [-0.4, -0.2) is 121 Å². The molecule has 1 unspecified atom stereocenters. The number of nitrogens with one attached hydrogen (secondary N) is 2. The number of nitrogens with zero attached hydrogens (tertiary/aromatic N) is 9. The molecule has 10 heterocycles. The Morgan fingerprint density at radius 2 is 1.71 bits per heavy atom. The highest BCUT2D eigenvalue weighted by Gasteiger charge is 2.41. The zero-order valence-electron chi connectivity index (χ0n) is 40.5. The third-order valence-corrected chi connectivity index (χ3v) is 16.7. The van der Waals surface area contributed by atoms with Crippen molar-refractivity contribution in [2.75, 3.05) is 60.9 Å². The fourth-order valence-corrected chi connectivity index (χ4v) is 13.2. The number of piperazine rings is 1. The summed E-state index contributed by atoms with van der Waals surface area (Å²) < 4.78 is 3.71. The summed E-state index contributed by atoms with van der Waals surface area (Å²) >= 11 is 0. The van der Waals surface area contributed by atoms with Crippen molar-refractivity contribution in [3.63, 3.8) is 0 Å². The first-order valence-electron chi connectivity index (χ1n) is 25.4. The first-order valence-corrected chi connectivity index (χ1v) is 25.4. The predicted molar refractivity (Wildman–Crippen MR) is 267 cm³/mol. The molecule has 7 aliphatic rings. The molecule has 0 saturated carbocycles. The summed E-state index contributed by atoms with van der Waals surface area (Å²) in [6.07, 6.45) is 12.8. The lowest BCUT2D eigenvalue weighted by atomic mass is 9.84. The number of aromatic nitrogens is 4. The third kappa shape index (κ3) is 7.85. The van der Waals surface area contributed by atoms with Crippen LogP contribution < -0.4 is 26.0 Å². The zero-order valence-corrected chi connectivity index (χ0v) is 40.5. The van der Waals surface area contributed by atoms with E-state index < -0.39 is 0 Å². The molecule has 4 atom stereocenters. The molecule has 3 saturated heterocycles. The minimum Gasteiger partial charge on any atom is -0.392 e. The Kier molecular flexibility index (Phi) is 11.1. The van der Waals surface area contributed by atoms with E-state index >= 15 is 0 Å². The number of aryl methyl sites for hydroxylation is 1. The summed E-state index contributed by atoms with van der Waals surface area (Å²) in [5.74, 6) is 1.10. The topological polar surface area (TPSA) is 147 Å². The highest BCUT2D eigenvalue weighted by molar-refractivity contribution is 6.06. The first kappa shape index (κ1) is 44.3. The van der Waals surface area contributed by atoms with Crippen LogP contribution in [0.4, 0.5) is 23.0 Å². The summed E-state index contributed by atoms with van der Waals surface area (Å²) in [5.41, 5.74) is 11.5. The molecule has 4 aromatic heterocycles. The van der Waals surface area contributed by atoms with E-state index in [1.54, 1.807) is 30.4 Å². The molecule has 0 spiro atoms. The van der Waals surface area contributed by atoms with E-state index in [4.69, 9.17) is 4.98 Å². The lowest BCUT2D eigenvalue weighted by molar-refractivity contribution is 0.0458. The minimum absolute atomic E-state index is 0.115. The van der Waals surface area contributed by atoms with Gasteiger partial charge in [-0.25, -0.2) is 9.97 Å². The van der Waals surface area contributed by atoms with Crippen molar-refractivity contribution in [2.24, 2.45) is 12.5 Å². The van der Waals surface area contributed by atoms with Crippen molar-refractivity contribution >= 4 is 34.8 Å². The number of aliphatic hydroxyl groups excluding tert-OH is 1. The number of hydrogen-bond donors (Lipinski definition) is 3. The molecule has 69 heavy (non-hydrogen) atoms. The SMILES string of the molecule is C[C@H]1CN([C@H]2CCN3Cc4cc5c(cc4C[C@H]3C2)C(=O)N(C2CCCNC2)C5)CCN1c1ccc(Nc2cc(-c3ccnc(N4CCn5c(cc6c5CC(C)(C)C6)C4=O)c3CO)cn(C)c2=O)nc1. The summed E-state index contributed by atoms with van der Waals surface area (Å²) in [7, 11) is 1.71. The van der Waals surface area contributed by atoms with Crippen LogP contribution in [0.3, 0.4) is 0 Å². The summed E-state index contributed by atoms with van der Waals surface area (Å²) in [5, 5.41) is 17.6. The monoisotopic (exact) mass is 932 g/mol. The zero-order chi connectivity index (χ0) is 47.3. The molecule has 6 aliphatic heterocycles. The number of rotatable bonds is 8. The molecular formula is C54H65N11O4. The normalized spacial score (nSPS) is 24.5. The van der Waals surface area contributed by atoms with Gasteiger partial charge in [0.25, 0.3) is 17.4 Å². The van der Waals surface area contributed by atoms with Crippen molar-refractivity contribution in [3.05, 3.63) is 116 Å². The van der Waals surface area contributed by atoms with Gasteiger partial charge in [-0.3, -0.25) is 29.1 Å². The first-order chi connectivity index (χ1) is 33.4. The number of hydrogen-bond acceptors (Lipinski definition) is 11. The van der Waals surface area contributed by atoms with Gasteiger partial charge in [0, 0.05) is 125 Å². The van der Waals surface area contributed by atoms with Gasteiger partial charge in [0.05, 0.1) is 18.5 Å². The van der Waals surface area contributed by atoms with Crippen LogP contribution in [-0.2, 0) is 52.6 Å². The molecule has 1 aliphatic carbocycles. The van der Waals surface area contributed by atoms with Crippen molar-refractivity contribution in [1.29, 1.82) is 0 Å². The predicted octanol–water partition coefficient (Wildman–Crippen LogP) is 5.47. The smallest absolute Gasteiger partial charge is 0.276 e. The molecule has 1 aromatic carbocycles. The molecule has 0 bridgehead atoms. The number of benzene rings is 1. The van der Waals surface area contributed by atoms with Crippen molar-refractivity contribution in [1.82, 2.24) is 39.1 Å². The van der Waals surface area contributed by atoms with Gasteiger partial charge in [0.15, 0.2) is 0 Å². The maximum absolute atomic E-state index is 14.0. The molecule has 15 heteroatoms. The maximum atomic E-state index is 14.0. The van der Waals surface area contributed by atoms with Crippen LogP contribution in [0.5, 0.6) is 0 Å². The molecule has 15 nitrogen and oxygen atoms in total. The molecule has 3 N–H and O–H groups in total. The highest BCUT2D eigenvalue weighted by atomic mass is 16.3. The van der Waals surface area contributed by atoms with E-state index in [9.17, 15) is 19.5 Å². The quantitative estimate of drug-likeness (QED) is 0.182. The summed E-state index contributed by atoms with van der Waals surface area (Å²) in [6.45, 7) is 15.3. The van der Waals surface area contributed by atoms with Crippen LogP contribution in [0.15, 0.2) is 65.8 Å². The van der Waals surface area contributed by atoms with Gasteiger partial charge in [-0.15, -0.1) is 0 Å². The fourth-order valence-electron chi connectivity index (χ4n) is 13.2. The molecule has 2 amide bonds. The van der Waals surface area contributed by atoms with Crippen LogP contribution in [0, 0.1) is 5.41 Å². The summed E-state index contributed by atoms with van der Waals surface area (Å²) in [6, 6.07) is 15.9. The lowest BCUT2D eigenvalue weighted by Crippen LogP contribution is -2.58. The Bertz CT molecular complexity index is 2920. The van der Waals surface area contributed by atoms with Gasteiger partial charge in [-0.2, -0.15) is 0 Å². The van der Waals surface area contributed by atoms with E-state index in [0.717, 1.165) is 102 Å². The second-order valence-corrected chi connectivity index (χ2v) is 21.8. The van der Waals surface area contributed by atoms with Crippen LogP contribution >= 0.6 is 0 Å². The van der Waals surface area contributed by atoms with Crippen LogP contribution in [0.25, 0.3) is 11.1 Å². The molecule has 360 valence electrons. The fraction of sp³-hybridized carbons (Fsp3) is 0.500. The van der Waals surface area contributed by atoms with E-state index in [1.807, 2.05) is 24.4 Å². The number of carbonyl (C=O) groups is 2. The molecule has 3 fully saturated rings. The summed E-state index contributed by atoms with van der Waals surface area (Å²) in [4.78, 5) is 62.3. The van der Waals surface area contributed by atoms with Crippen molar-refractivity contribution < 1.29 is 14.7 Å². The number of pyridine rings is 3. The van der Waals surface area contributed by atoms with Gasteiger partial charge in [-0.1, -0.05) is 19.9 Å². The Balaban J connectivity index is 0.694.